The minimum Gasteiger partial charge on any atom is -0.447 e. The van der Waals surface area contributed by atoms with Crippen LogP contribution in [0.1, 0.15) is 43.9 Å². The predicted octanol–water partition coefficient (Wildman–Crippen LogP) is 3.29. The lowest BCUT2D eigenvalue weighted by molar-refractivity contribution is -0.131. The minimum absolute atomic E-state index is 0.167. The summed E-state index contributed by atoms with van der Waals surface area (Å²) in [5, 5.41) is 2.00. The highest BCUT2D eigenvalue weighted by Crippen LogP contribution is 2.26. The summed E-state index contributed by atoms with van der Waals surface area (Å²) in [5.41, 5.74) is 0. The molecule has 0 aliphatic carbocycles. The molecule has 6 heteroatoms. The maximum atomic E-state index is 12.4. The zero-order chi connectivity index (χ0) is 16.9. The van der Waals surface area contributed by atoms with Crippen molar-refractivity contribution in [3.8, 4) is 0 Å². The zero-order valence-corrected chi connectivity index (χ0v) is 15.1. The monoisotopic (exact) mass is 350 g/mol. The molecule has 1 aromatic rings. The van der Waals surface area contributed by atoms with Gasteiger partial charge in [0.15, 0.2) is 0 Å². The summed E-state index contributed by atoms with van der Waals surface area (Å²) in [7, 11) is 0. The number of rotatable bonds is 6. The standard InChI is InChI=1S/C18H26N2O3S/c1-2-3-5-15-13-23-18(22)20(15)14-7-9-19(10-8-14)17(21)12-16-6-4-11-24-16/h4,6,11,14-15H,2-3,5,7-10,12-13H2,1H3. The maximum Gasteiger partial charge on any atom is 0.410 e. The third-order valence-corrected chi connectivity index (χ3v) is 5.89. The van der Waals surface area contributed by atoms with Crippen LogP contribution in [0.5, 0.6) is 0 Å². The number of thiophene rings is 1. The van der Waals surface area contributed by atoms with Crippen LogP contribution in [-0.4, -0.2) is 53.6 Å². The number of cyclic esters (lactones) is 1. The Hall–Kier alpha value is -1.56. The molecule has 0 bridgehead atoms. The molecule has 24 heavy (non-hydrogen) atoms. The molecule has 132 valence electrons. The van der Waals surface area contributed by atoms with Gasteiger partial charge in [-0.05, 0) is 30.7 Å². The molecule has 1 aromatic heterocycles. The van der Waals surface area contributed by atoms with Crippen LogP contribution in [0, 0.1) is 0 Å². The summed E-state index contributed by atoms with van der Waals surface area (Å²) in [6.07, 6.45) is 5.30. The Bertz CT molecular complexity index is 553. The fraction of sp³-hybridized carbons (Fsp3) is 0.667. The molecule has 3 heterocycles. The van der Waals surface area contributed by atoms with Crippen molar-refractivity contribution in [1.29, 1.82) is 0 Å². The van der Waals surface area contributed by atoms with Gasteiger partial charge in [-0.15, -0.1) is 11.3 Å². The van der Waals surface area contributed by atoms with Crippen LogP contribution in [-0.2, 0) is 16.0 Å². The largest absolute Gasteiger partial charge is 0.447 e. The SMILES string of the molecule is CCCCC1COC(=O)N1C1CCN(C(=O)Cc2cccs2)CC1. The first-order valence-corrected chi connectivity index (χ1v) is 9.82. The first-order valence-electron chi connectivity index (χ1n) is 8.94. The Morgan fingerprint density at radius 3 is 2.83 bits per heavy atom. The maximum absolute atomic E-state index is 12.4. The number of carbonyl (C=O) groups excluding carboxylic acids is 2. The molecule has 5 nitrogen and oxygen atoms in total. The fourth-order valence-corrected chi connectivity index (χ4v) is 4.34. The van der Waals surface area contributed by atoms with Gasteiger partial charge in [-0.1, -0.05) is 25.8 Å². The van der Waals surface area contributed by atoms with Crippen molar-refractivity contribution in [3.63, 3.8) is 0 Å². The number of hydrogen-bond acceptors (Lipinski definition) is 4. The molecule has 2 amide bonds. The molecule has 2 saturated heterocycles. The molecular weight excluding hydrogens is 324 g/mol. The molecule has 1 atom stereocenters. The van der Waals surface area contributed by atoms with E-state index in [-0.39, 0.29) is 24.1 Å². The van der Waals surface area contributed by atoms with Gasteiger partial charge in [0, 0.05) is 24.0 Å². The molecule has 2 aliphatic rings. The van der Waals surface area contributed by atoms with E-state index in [1.807, 2.05) is 27.3 Å². The van der Waals surface area contributed by atoms with Crippen LogP contribution >= 0.6 is 11.3 Å². The van der Waals surface area contributed by atoms with E-state index >= 15 is 0 Å². The Morgan fingerprint density at radius 1 is 1.38 bits per heavy atom. The molecule has 1 unspecified atom stereocenters. The fourth-order valence-electron chi connectivity index (χ4n) is 3.65. The lowest BCUT2D eigenvalue weighted by Gasteiger charge is -2.38. The summed E-state index contributed by atoms with van der Waals surface area (Å²) in [5.74, 6) is 0.197. The summed E-state index contributed by atoms with van der Waals surface area (Å²) < 4.78 is 5.28. The zero-order valence-electron chi connectivity index (χ0n) is 14.3. The number of nitrogens with zero attached hydrogens (tertiary/aromatic N) is 2. The molecule has 2 fully saturated rings. The first-order chi connectivity index (χ1) is 11.7. The van der Waals surface area contributed by atoms with Crippen molar-refractivity contribution in [3.05, 3.63) is 22.4 Å². The molecule has 2 aliphatic heterocycles. The van der Waals surface area contributed by atoms with E-state index in [4.69, 9.17) is 4.74 Å². The quantitative estimate of drug-likeness (QED) is 0.791. The van der Waals surface area contributed by atoms with Crippen molar-refractivity contribution in [2.75, 3.05) is 19.7 Å². The number of unbranched alkanes of at least 4 members (excludes halogenated alkanes) is 1. The van der Waals surface area contributed by atoms with Gasteiger partial charge in [-0.3, -0.25) is 9.69 Å². The van der Waals surface area contributed by atoms with Gasteiger partial charge in [0.2, 0.25) is 5.91 Å². The molecule has 0 radical (unpaired) electrons. The van der Waals surface area contributed by atoms with E-state index in [0.29, 0.717) is 13.0 Å². The molecular formula is C18H26N2O3S. The second-order valence-corrected chi connectivity index (χ2v) is 7.68. The van der Waals surface area contributed by atoms with Crippen molar-refractivity contribution < 1.29 is 14.3 Å². The molecule has 0 aromatic carbocycles. The average molecular weight is 350 g/mol. The summed E-state index contributed by atoms with van der Waals surface area (Å²) in [4.78, 5) is 29.5. The van der Waals surface area contributed by atoms with Crippen LogP contribution in [0.4, 0.5) is 4.79 Å². The third-order valence-electron chi connectivity index (χ3n) is 5.01. The number of likely N-dealkylation sites (tertiary alicyclic amines) is 1. The van der Waals surface area contributed by atoms with E-state index < -0.39 is 0 Å². The first kappa shape index (κ1) is 17.3. The Morgan fingerprint density at radius 2 is 2.17 bits per heavy atom. The van der Waals surface area contributed by atoms with Crippen molar-refractivity contribution >= 4 is 23.3 Å². The predicted molar refractivity (Wildman–Crippen MR) is 94.1 cm³/mol. The number of ether oxygens (including phenoxy) is 1. The third kappa shape index (κ3) is 3.91. The Labute approximate surface area is 147 Å². The van der Waals surface area contributed by atoms with E-state index in [2.05, 4.69) is 6.92 Å². The Balaban J connectivity index is 1.52. The van der Waals surface area contributed by atoms with Gasteiger partial charge in [0.25, 0.3) is 0 Å². The number of amides is 2. The second kappa shape index (κ2) is 8.01. The highest BCUT2D eigenvalue weighted by atomic mass is 32.1. The molecule has 0 saturated carbocycles. The van der Waals surface area contributed by atoms with Gasteiger partial charge in [0.1, 0.15) is 6.61 Å². The van der Waals surface area contributed by atoms with Crippen LogP contribution in [0.15, 0.2) is 17.5 Å². The topological polar surface area (TPSA) is 49.9 Å². The number of carbonyl (C=O) groups is 2. The molecule has 0 spiro atoms. The van der Waals surface area contributed by atoms with E-state index in [0.717, 1.165) is 50.1 Å². The summed E-state index contributed by atoms with van der Waals surface area (Å²) >= 11 is 1.63. The average Bonchev–Trinajstić information content (AvgIpc) is 3.23. The molecule has 3 rings (SSSR count). The van der Waals surface area contributed by atoms with Crippen LogP contribution in [0.25, 0.3) is 0 Å². The highest BCUT2D eigenvalue weighted by molar-refractivity contribution is 7.10. The Kier molecular flexibility index (Phi) is 5.76. The van der Waals surface area contributed by atoms with Crippen molar-refractivity contribution in [2.24, 2.45) is 0 Å². The second-order valence-electron chi connectivity index (χ2n) is 6.65. The van der Waals surface area contributed by atoms with Crippen molar-refractivity contribution in [2.45, 2.75) is 57.5 Å². The van der Waals surface area contributed by atoms with Crippen LogP contribution < -0.4 is 0 Å². The van der Waals surface area contributed by atoms with Gasteiger partial charge in [0.05, 0.1) is 12.5 Å². The highest BCUT2D eigenvalue weighted by Gasteiger charge is 2.39. The lowest BCUT2D eigenvalue weighted by atomic mass is 10.00. The summed E-state index contributed by atoms with van der Waals surface area (Å²) in [6, 6.07) is 4.42. The van der Waals surface area contributed by atoms with Gasteiger partial charge < -0.3 is 9.64 Å². The van der Waals surface area contributed by atoms with Crippen molar-refractivity contribution in [1.82, 2.24) is 9.80 Å². The smallest absolute Gasteiger partial charge is 0.410 e. The number of hydrogen-bond donors (Lipinski definition) is 0. The van der Waals surface area contributed by atoms with E-state index in [1.54, 1.807) is 11.3 Å². The van der Waals surface area contributed by atoms with Crippen LogP contribution in [0.2, 0.25) is 0 Å². The normalized spacial score (nSPS) is 22.0. The van der Waals surface area contributed by atoms with Gasteiger partial charge in [-0.2, -0.15) is 0 Å². The summed E-state index contributed by atoms with van der Waals surface area (Å²) in [6.45, 7) is 4.16. The lowest BCUT2D eigenvalue weighted by Crippen LogP contribution is -2.50. The van der Waals surface area contributed by atoms with Gasteiger partial charge >= 0.3 is 6.09 Å². The minimum atomic E-state index is -0.167. The molecule has 0 N–H and O–H groups in total. The van der Waals surface area contributed by atoms with E-state index in [1.165, 1.54) is 0 Å². The number of piperidine rings is 1. The van der Waals surface area contributed by atoms with Crippen LogP contribution in [0.3, 0.4) is 0 Å². The van der Waals surface area contributed by atoms with Gasteiger partial charge in [-0.25, -0.2) is 4.79 Å². The van der Waals surface area contributed by atoms with E-state index in [9.17, 15) is 9.59 Å².